The first-order valence-corrected chi connectivity index (χ1v) is 7.15. The normalized spacial score (nSPS) is 18.0. The Morgan fingerprint density at radius 3 is 2.86 bits per heavy atom. The fourth-order valence-corrected chi connectivity index (χ4v) is 2.66. The van der Waals surface area contributed by atoms with E-state index in [0.717, 1.165) is 24.2 Å². The van der Waals surface area contributed by atoms with Crippen LogP contribution in [-0.4, -0.2) is 15.9 Å². The third-order valence-corrected chi connectivity index (χ3v) is 4.03. The predicted molar refractivity (Wildman–Crippen MR) is 76.5 cm³/mol. The summed E-state index contributed by atoms with van der Waals surface area (Å²) in [5.41, 5.74) is 7.18. The molecule has 1 aliphatic heterocycles. The Hall–Kier alpha value is -2.21. The first kappa shape index (κ1) is 12.5. The molecule has 1 fully saturated rings. The van der Waals surface area contributed by atoms with E-state index in [2.05, 4.69) is 0 Å². The van der Waals surface area contributed by atoms with Gasteiger partial charge in [-0.25, -0.2) is 4.79 Å². The van der Waals surface area contributed by atoms with E-state index in [1.54, 1.807) is 9.13 Å². The van der Waals surface area contributed by atoms with Gasteiger partial charge in [-0.1, -0.05) is 6.07 Å². The van der Waals surface area contributed by atoms with E-state index in [1.165, 1.54) is 0 Å². The Bertz CT molecular complexity index is 730. The SMILES string of the molecule is NC(Cn1ccn(C2CC2)c1=O)c1ccc2c(c1)OCO2. The molecule has 0 bridgehead atoms. The van der Waals surface area contributed by atoms with Crippen LogP contribution in [0.1, 0.15) is 30.5 Å². The standard InChI is InChI=1S/C15H17N3O3/c16-12(10-1-4-13-14(7-10)21-9-20-13)8-17-5-6-18(15(17)19)11-2-3-11/h1,4-7,11-12H,2-3,8-9,16H2. The zero-order valence-electron chi connectivity index (χ0n) is 11.6. The van der Waals surface area contributed by atoms with Gasteiger partial charge in [0.25, 0.3) is 0 Å². The van der Waals surface area contributed by atoms with Crippen LogP contribution in [0.25, 0.3) is 0 Å². The number of aromatic nitrogens is 2. The Balaban J connectivity index is 1.55. The summed E-state index contributed by atoms with van der Waals surface area (Å²) in [6.45, 7) is 0.704. The molecule has 6 heteroatoms. The molecule has 2 aromatic rings. The third kappa shape index (κ3) is 2.21. The molecule has 1 saturated carbocycles. The second-order valence-electron chi connectivity index (χ2n) is 5.59. The molecule has 1 aliphatic carbocycles. The lowest BCUT2D eigenvalue weighted by molar-refractivity contribution is 0.174. The number of fused-ring (bicyclic) bond motifs is 1. The molecule has 0 spiro atoms. The van der Waals surface area contributed by atoms with Gasteiger partial charge in [0.05, 0.1) is 0 Å². The van der Waals surface area contributed by atoms with Crippen LogP contribution in [0.15, 0.2) is 35.4 Å². The van der Waals surface area contributed by atoms with E-state index in [1.807, 2.05) is 30.6 Å². The van der Waals surface area contributed by atoms with E-state index in [0.29, 0.717) is 18.3 Å². The summed E-state index contributed by atoms with van der Waals surface area (Å²) in [5, 5.41) is 0. The Kier molecular flexibility index (Phi) is 2.78. The molecule has 1 aromatic heterocycles. The first-order valence-electron chi connectivity index (χ1n) is 7.15. The Morgan fingerprint density at radius 2 is 2.05 bits per heavy atom. The average molecular weight is 287 g/mol. The molecule has 0 radical (unpaired) electrons. The fourth-order valence-electron chi connectivity index (χ4n) is 2.66. The smallest absolute Gasteiger partial charge is 0.328 e. The average Bonchev–Trinajstić information content (AvgIpc) is 3.11. The zero-order chi connectivity index (χ0) is 14.4. The van der Waals surface area contributed by atoms with Crippen molar-refractivity contribution in [2.45, 2.75) is 31.5 Å². The number of nitrogens with two attached hydrogens (primary N) is 1. The van der Waals surface area contributed by atoms with Gasteiger partial charge in [-0.3, -0.25) is 9.13 Å². The van der Waals surface area contributed by atoms with E-state index in [4.69, 9.17) is 15.2 Å². The van der Waals surface area contributed by atoms with Gasteiger partial charge in [0, 0.05) is 31.0 Å². The summed E-state index contributed by atoms with van der Waals surface area (Å²) in [7, 11) is 0. The Morgan fingerprint density at radius 1 is 1.24 bits per heavy atom. The molecule has 2 heterocycles. The van der Waals surface area contributed by atoms with Gasteiger partial charge in [-0.05, 0) is 30.5 Å². The van der Waals surface area contributed by atoms with Crippen molar-refractivity contribution in [2.75, 3.05) is 6.79 Å². The molecule has 2 N–H and O–H groups in total. The number of rotatable bonds is 4. The summed E-state index contributed by atoms with van der Waals surface area (Å²) >= 11 is 0. The van der Waals surface area contributed by atoms with Gasteiger partial charge in [-0.15, -0.1) is 0 Å². The lowest BCUT2D eigenvalue weighted by atomic mass is 10.1. The van der Waals surface area contributed by atoms with Crippen molar-refractivity contribution in [1.82, 2.24) is 9.13 Å². The second-order valence-corrected chi connectivity index (χ2v) is 5.59. The molecular weight excluding hydrogens is 270 g/mol. The monoisotopic (exact) mass is 287 g/mol. The van der Waals surface area contributed by atoms with E-state index in [-0.39, 0.29) is 18.5 Å². The predicted octanol–water partition coefficient (Wildman–Crippen LogP) is 1.41. The molecule has 0 amide bonds. The molecule has 1 atom stereocenters. The van der Waals surface area contributed by atoms with Gasteiger partial charge in [0.1, 0.15) is 0 Å². The summed E-state index contributed by atoms with van der Waals surface area (Å²) in [6, 6.07) is 5.79. The summed E-state index contributed by atoms with van der Waals surface area (Å²) in [6.07, 6.45) is 5.86. The van der Waals surface area contributed by atoms with Gasteiger partial charge in [0.15, 0.2) is 11.5 Å². The molecule has 110 valence electrons. The lowest BCUT2D eigenvalue weighted by Gasteiger charge is -2.13. The van der Waals surface area contributed by atoms with E-state index >= 15 is 0 Å². The fraction of sp³-hybridized carbons (Fsp3) is 0.400. The molecule has 0 saturated heterocycles. The van der Waals surface area contributed by atoms with Gasteiger partial charge < -0.3 is 15.2 Å². The quantitative estimate of drug-likeness (QED) is 0.923. The molecule has 2 aliphatic rings. The highest BCUT2D eigenvalue weighted by molar-refractivity contribution is 5.45. The van der Waals surface area contributed by atoms with Crippen LogP contribution >= 0.6 is 0 Å². The number of imidazole rings is 1. The minimum atomic E-state index is -0.257. The van der Waals surface area contributed by atoms with Crippen molar-refractivity contribution in [3.05, 3.63) is 46.6 Å². The first-order chi connectivity index (χ1) is 10.2. The van der Waals surface area contributed by atoms with Crippen molar-refractivity contribution in [3.63, 3.8) is 0 Å². The Labute approximate surface area is 121 Å². The largest absolute Gasteiger partial charge is 0.454 e. The van der Waals surface area contributed by atoms with Crippen LogP contribution in [-0.2, 0) is 6.54 Å². The van der Waals surface area contributed by atoms with Crippen LogP contribution in [0.4, 0.5) is 0 Å². The summed E-state index contributed by atoms with van der Waals surface area (Å²) in [5.74, 6) is 1.45. The number of hydrogen-bond acceptors (Lipinski definition) is 4. The highest BCUT2D eigenvalue weighted by atomic mass is 16.7. The van der Waals surface area contributed by atoms with Gasteiger partial charge in [-0.2, -0.15) is 0 Å². The maximum atomic E-state index is 12.2. The van der Waals surface area contributed by atoms with Crippen molar-refractivity contribution in [3.8, 4) is 11.5 Å². The lowest BCUT2D eigenvalue weighted by Crippen LogP contribution is -2.28. The number of ether oxygens (including phenoxy) is 2. The van der Waals surface area contributed by atoms with Crippen LogP contribution in [0.5, 0.6) is 11.5 Å². The van der Waals surface area contributed by atoms with E-state index in [9.17, 15) is 4.79 Å². The minimum Gasteiger partial charge on any atom is -0.454 e. The highest BCUT2D eigenvalue weighted by Gasteiger charge is 2.26. The summed E-state index contributed by atoms with van der Waals surface area (Å²) < 4.78 is 14.1. The molecule has 6 nitrogen and oxygen atoms in total. The molecule has 4 rings (SSSR count). The molecule has 1 aromatic carbocycles. The number of nitrogens with zero attached hydrogens (tertiary/aromatic N) is 2. The zero-order valence-corrected chi connectivity index (χ0v) is 11.6. The maximum absolute atomic E-state index is 12.2. The minimum absolute atomic E-state index is 0.0219. The van der Waals surface area contributed by atoms with Crippen LogP contribution in [0.2, 0.25) is 0 Å². The van der Waals surface area contributed by atoms with Crippen molar-refractivity contribution in [2.24, 2.45) is 5.73 Å². The third-order valence-electron chi connectivity index (χ3n) is 4.03. The van der Waals surface area contributed by atoms with Gasteiger partial charge >= 0.3 is 5.69 Å². The van der Waals surface area contributed by atoms with Crippen molar-refractivity contribution >= 4 is 0 Å². The van der Waals surface area contributed by atoms with Crippen molar-refractivity contribution in [1.29, 1.82) is 0 Å². The molecular formula is C15H17N3O3. The molecule has 1 unspecified atom stereocenters. The highest BCUT2D eigenvalue weighted by Crippen LogP contribution is 2.34. The maximum Gasteiger partial charge on any atom is 0.328 e. The van der Waals surface area contributed by atoms with Crippen molar-refractivity contribution < 1.29 is 9.47 Å². The van der Waals surface area contributed by atoms with E-state index < -0.39 is 0 Å². The number of hydrogen-bond donors (Lipinski definition) is 1. The summed E-state index contributed by atoms with van der Waals surface area (Å²) in [4.78, 5) is 12.2. The van der Waals surface area contributed by atoms with Crippen LogP contribution in [0.3, 0.4) is 0 Å². The molecule has 21 heavy (non-hydrogen) atoms. The topological polar surface area (TPSA) is 71.4 Å². The van der Waals surface area contributed by atoms with Crippen LogP contribution in [0, 0.1) is 0 Å². The van der Waals surface area contributed by atoms with Crippen LogP contribution < -0.4 is 20.9 Å². The second kappa shape index (κ2) is 4.66. The van der Waals surface area contributed by atoms with Gasteiger partial charge in [0.2, 0.25) is 6.79 Å². The number of benzene rings is 1.